The summed E-state index contributed by atoms with van der Waals surface area (Å²) in [6.45, 7) is 5.25. The summed E-state index contributed by atoms with van der Waals surface area (Å²) in [4.78, 5) is 14.0. The Morgan fingerprint density at radius 3 is 2.46 bits per heavy atom. The number of amides is 1. The number of rotatable bonds is 11. The van der Waals surface area contributed by atoms with Crippen molar-refractivity contribution < 1.29 is 18.3 Å². The van der Waals surface area contributed by atoms with Gasteiger partial charge in [-0.05, 0) is 74.4 Å². The normalized spacial score (nSPS) is 12.8. The van der Waals surface area contributed by atoms with E-state index in [1.807, 2.05) is 30.5 Å². The highest BCUT2D eigenvalue weighted by Crippen LogP contribution is 2.23. The second-order valence-electron chi connectivity index (χ2n) is 10.6. The number of benzene rings is 3. The molecule has 0 aliphatic rings. The number of β-amino-alcohol motifs (C(OH)–C–C–N with tert-alkyl or cyclic N) is 1. The molecule has 1 aromatic heterocycles. The molecule has 0 fully saturated rings. The minimum atomic E-state index is -3.71. The summed E-state index contributed by atoms with van der Waals surface area (Å²) in [5.74, 6) is -0.0207. The van der Waals surface area contributed by atoms with Gasteiger partial charge in [0.2, 0.25) is 0 Å². The molecule has 3 N–H and O–H groups in total. The molecule has 4 rings (SSSR count). The van der Waals surface area contributed by atoms with Crippen LogP contribution in [0.25, 0.3) is 10.9 Å². The lowest BCUT2D eigenvalue weighted by Gasteiger charge is -2.28. The summed E-state index contributed by atoms with van der Waals surface area (Å²) in [5.41, 5.74) is 2.47. The first kappa shape index (κ1) is 28.4. The molecule has 0 radical (unpaired) electrons. The molecule has 39 heavy (non-hydrogen) atoms. The summed E-state index contributed by atoms with van der Waals surface area (Å²) in [6.07, 6.45) is 2.02. The first-order valence-corrected chi connectivity index (χ1v) is 14.3. The number of carbonyl (C=O) groups excluding carboxylic acids is 1. The van der Waals surface area contributed by atoms with Crippen molar-refractivity contribution in [1.82, 2.24) is 14.8 Å². The number of carbonyl (C=O) groups is 1. The topological polar surface area (TPSA) is 104 Å². The Kier molecular flexibility index (Phi) is 8.44. The molecule has 3 aromatic carbocycles. The highest BCUT2D eigenvalue weighted by molar-refractivity contribution is 7.92. The van der Waals surface area contributed by atoms with Crippen molar-refractivity contribution in [2.75, 3.05) is 25.4 Å². The van der Waals surface area contributed by atoms with E-state index in [1.54, 1.807) is 61.5 Å². The second kappa shape index (κ2) is 11.6. The van der Waals surface area contributed by atoms with Gasteiger partial charge >= 0.3 is 0 Å². The van der Waals surface area contributed by atoms with Crippen molar-refractivity contribution in [2.45, 2.75) is 43.4 Å². The fraction of sp³-hybridized carbons (Fsp3) is 0.300. The number of aliphatic hydroxyl groups excluding tert-OH is 1. The minimum Gasteiger partial charge on any atom is -0.387 e. The lowest BCUT2D eigenvalue weighted by Crippen LogP contribution is -2.42. The summed E-state index contributed by atoms with van der Waals surface area (Å²) in [6, 6.07) is 22.8. The maximum absolute atomic E-state index is 12.7. The molecule has 1 heterocycles. The van der Waals surface area contributed by atoms with Gasteiger partial charge in [-0.1, -0.05) is 30.3 Å². The quantitative estimate of drug-likeness (QED) is 0.253. The number of anilines is 1. The molecular formula is C30H36N4O4S. The molecule has 0 aliphatic carbocycles. The van der Waals surface area contributed by atoms with Crippen LogP contribution in [0.15, 0.2) is 90.0 Å². The van der Waals surface area contributed by atoms with E-state index in [2.05, 4.69) is 28.5 Å². The summed E-state index contributed by atoms with van der Waals surface area (Å²) in [5, 5.41) is 15.3. The second-order valence-corrected chi connectivity index (χ2v) is 12.2. The third-order valence-electron chi connectivity index (χ3n) is 6.75. The van der Waals surface area contributed by atoms with E-state index in [-0.39, 0.29) is 16.3 Å². The van der Waals surface area contributed by atoms with Crippen molar-refractivity contribution >= 4 is 32.5 Å². The Morgan fingerprint density at radius 2 is 1.74 bits per heavy atom. The lowest BCUT2D eigenvalue weighted by molar-refractivity contribution is 0.0827. The van der Waals surface area contributed by atoms with E-state index in [0.717, 1.165) is 23.9 Å². The van der Waals surface area contributed by atoms with Gasteiger partial charge in [-0.15, -0.1) is 0 Å². The third kappa shape index (κ3) is 7.06. The van der Waals surface area contributed by atoms with Crippen LogP contribution in [0.4, 0.5) is 5.69 Å². The monoisotopic (exact) mass is 548 g/mol. The number of aryl methyl sites for hydroxylation is 1. The number of aliphatic hydroxyl groups is 1. The van der Waals surface area contributed by atoms with Gasteiger partial charge in [0, 0.05) is 61.1 Å². The molecule has 0 unspecified atom stereocenters. The predicted octanol–water partition coefficient (Wildman–Crippen LogP) is 4.64. The van der Waals surface area contributed by atoms with Gasteiger partial charge in [0.05, 0.1) is 11.0 Å². The third-order valence-corrected chi connectivity index (χ3v) is 8.15. The Hall–Kier alpha value is -3.66. The van der Waals surface area contributed by atoms with Crippen LogP contribution in [0.5, 0.6) is 0 Å². The van der Waals surface area contributed by atoms with Crippen molar-refractivity contribution in [3.8, 4) is 0 Å². The molecular weight excluding hydrogens is 512 g/mol. The largest absolute Gasteiger partial charge is 0.387 e. The van der Waals surface area contributed by atoms with Crippen molar-refractivity contribution in [3.63, 3.8) is 0 Å². The molecule has 206 valence electrons. The van der Waals surface area contributed by atoms with Crippen LogP contribution in [0.3, 0.4) is 0 Å². The van der Waals surface area contributed by atoms with Gasteiger partial charge < -0.3 is 19.9 Å². The van der Waals surface area contributed by atoms with Crippen LogP contribution in [0, 0.1) is 0 Å². The van der Waals surface area contributed by atoms with Crippen LogP contribution in [-0.4, -0.2) is 55.1 Å². The number of sulfonamides is 1. The van der Waals surface area contributed by atoms with Crippen LogP contribution in [0.2, 0.25) is 0 Å². The zero-order valence-corrected chi connectivity index (χ0v) is 23.6. The molecule has 1 amide bonds. The molecule has 9 heteroatoms. The number of aromatic nitrogens is 1. The van der Waals surface area contributed by atoms with E-state index in [9.17, 15) is 18.3 Å². The first-order chi connectivity index (χ1) is 18.4. The average Bonchev–Trinajstić information content (AvgIpc) is 3.33. The Bertz CT molecular complexity index is 1550. The fourth-order valence-corrected chi connectivity index (χ4v) is 5.46. The number of nitrogens with zero attached hydrogens (tertiary/aromatic N) is 2. The van der Waals surface area contributed by atoms with Crippen molar-refractivity contribution in [2.24, 2.45) is 0 Å². The first-order valence-electron chi connectivity index (χ1n) is 12.9. The highest BCUT2D eigenvalue weighted by Gasteiger charge is 2.21. The number of hydrogen-bond acceptors (Lipinski definition) is 5. The number of hydrogen-bond donors (Lipinski definition) is 3. The predicted molar refractivity (Wildman–Crippen MR) is 155 cm³/mol. The molecule has 0 saturated carbocycles. The molecule has 8 nitrogen and oxygen atoms in total. The SMILES string of the molecule is CN(C)C(=O)c1ccc2c(ccn2CCC(C)(C)NC[C@H](O)c2cccc(NS(=O)(=O)c3ccccc3)c2)c1. The molecule has 0 spiro atoms. The van der Waals surface area contributed by atoms with E-state index >= 15 is 0 Å². The van der Waals surface area contributed by atoms with Crippen LogP contribution < -0.4 is 10.0 Å². The molecule has 4 aromatic rings. The molecule has 0 saturated heterocycles. The maximum Gasteiger partial charge on any atom is 0.261 e. The average molecular weight is 549 g/mol. The highest BCUT2D eigenvalue weighted by atomic mass is 32.2. The van der Waals surface area contributed by atoms with Gasteiger partial charge in [-0.3, -0.25) is 9.52 Å². The van der Waals surface area contributed by atoms with Crippen LogP contribution in [0.1, 0.15) is 42.3 Å². The van der Waals surface area contributed by atoms with Crippen molar-refractivity contribution in [3.05, 3.63) is 96.2 Å². The van der Waals surface area contributed by atoms with E-state index in [1.165, 1.54) is 12.1 Å². The molecule has 1 atom stereocenters. The zero-order chi connectivity index (χ0) is 28.2. The summed E-state index contributed by atoms with van der Waals surface area (Å²) in [7, 11) is -0.227. The Balaban J connectivity index is 1.35. The summed E-state index contributed by atoms with van der Waals surface area (Å²) >= 11 is 0. The van der Waals surface area contributed by atoms with Crippen molar-refractivity contribution in [1.29, 1.82) is 0 Å². The van der Waals surface area contributed by atoms with Gasteiger partial charge in [-0.2, -0.15) is 0 Å². The van der Waals surface area contributed by atoms with E-state index < -0.39 is 16.1 Å². The van der Waals surface area contributed by atoms with Crippen LogP contribution in [-0.2, 0) is 16.6 Å². The Labute approximate surface area is 230 Å². The van der Waals surface area contributed by atoms with Crippen LogP contribution >= 0.6 is 0 Å². The van der Waals surface area contributed by atoms with Gasteiger partial charge in [-0.25, -0.2) is 8.42 Å². The smallest absolute Gasteiger partial charge is 0.261 e. The van der Waals surface area contributed by atoms with E-state index in [4.69, 9.17) is 0 Å². The maximum atomic E-state index is 12.7. The fourth-order valence-electron chi connectivity index (χ4n) is 4.39. The standard InChI is InChI=1S/C30H36N4O4S/c1-30(2,16-18-34-17-15-22-19-24(13-14-27(22)34)29(36)33(3)4)31-21-28(35)23-9-8-10-25(20-23)32-39(37,38)26-11-6-5-7-12-26/h5-15,17,19-20,28,31-32,35H,16,18,21H2,1-4H3/t28-/m0/s1. The summed E-state index contributed by atoms with van der Waals surface area (Å²) < 4.78 is 30.1. The Morgan fingerprint density at radius 1 is 1.00 bits per heavy atom. The van der Waals surface area contributed by atoms with Gasteiger partial charge in [0.1, 0.15) is 0 Å². The minimum absolute atomic E-state index is 0.0207. The van der Waals surface area contributed by atoms with Gasteiger partial charge in [0.15, 0.2) is 0 Å². The molecule has 0 bridgehead atoms. The molecule has 0 aliphatic heterocycles. The van der Waals surface area contributed by atoms with Gasteiger partial charge in [0.25, 0.3) is 15.9 Å². The lowest BCUT2D eigenvalue weighted by atomic mass is 9.99. The van der Waals surface area contributed by atoms with E-state index in [0.29, 0.717) is 23.4 Å². The number of nitrogens with one attached hydrogen (secondary N) is 2. The number of fused-ring (bicyclic) bond motifs is 1. The zero-order valence-electron chi connectivity index (χ0n) is 22.8.